The third-order valence-corrected chi connectivity index (χ3v) is 4.72. The number of rotatable bonds is 5. The van der Waals surface area contributed by atoms with E-state index in [-0.39, 0.29) is 5.54 Å². The van der Waals surface area contributed by atoms with Gasteiger partial charge in [0.05, 0.1) is 6.54 Å². The van der Waals surface area contributed by atoms with E-state index in [2.05, 4.69) is 24.9 Å². The molecule has 2 unspecified atom stereocenters. The van der Waals surface area contributed by atoms with E-state index in [4.69, 9.17) is 10.2 Å². The smallest absolute Gasteiger partial charge is 0.118 e. The van der Waals surface area contributed by atoms with Gasteiger partial charge < -0.3 is 10.2 Å². The van der Waals surface area contributed by atoms with Crippen molar-refractivity contribution < 1.29 is 4.42 Å². The summed E-state index contributed by atoms with van der Waals surface area (Å²) in [7, 11) is 2.19. The van der Waals surface area contributed by atoms with Crippen molar-refractivity contribution in [2.75, 3.05) is 13.6 Å². The quantitative estimate of drug-likeness (QED) is 0.873. The Hall–Kier alpha value is -0.800. The Morgan fingerprint density at radius 1 is 1.50 bits per heavy atom. The van der Waals surface area contributed by atoms with E-state index in [1.165, 1.54) is 25.7 Å². The first-order valence-electron chi connectivity index (χ1n) is 7.09. The molecule has 2 atom stereocenters. The third-order valence-electron chi connectivity index (χ3n) is 4.72. The summed E-state index contributed by atoms with van der Waals surface area (Å²) in [6.07, 6.45) is 5.06. The summed E-state index contributed by atoms with van der Waals surface area (Å²) in [6, 6.07) is 4.11. The topological polar surface area (TPSA) is 42.4 Å². The van der Waals surface area contributed by atoms with Gasteiger partial charge in [0.1, 0.15) is 11.5 Å². The SMILES string of the molecule is CCC1CCCC1(CN)N(C)Cc1ccc(C)o1. The van der Waals surface area contributed by atoms with Crippen molar-refractivity contribution in [3.63, 3.8) is 0 Å². The average Bonchev–Trinajstić information content (AvgIpc) is 2.95. The van der Waals surface area contributed by atoms with E-state index < -0.39 is 0 Å². The van der Waals surface area contributed by atoms with Crippen molar-refractivity contribution in [1.29, 1.82) is 0 Å². The highest BCUT2D eigenvalue weighted by molar-refractivity contribution is 5.08. The predicted molar refractivity (Wildman–Crippen MR) is 74.3 cm³/mol. The fourth-order valence-corrected chi connectivity index (χ4v) is 3.60. The summed E-state index contributed by atoms with van der Waals surface area (Å²) in [5.41, 5.74) is 6.30. The molecule has 0 aromatic carbocycles. The lowest BCUT2D eigenvalue weighted by Gasteiger charge is -2.42. The monoisotopic (exact) mass is 250 g/mol. The second kappa shape index (κ2) is 5.45. The van der Waals surface area contributed by atoms with E-state index in [1.807, 2.05) is 13.0 Å². The van der Waals surface area contributed by atoms with Gasteiger partial charge in [0, 0.05) is 12.1 Å². The molecule has 1 aliphatic rings. The normalized spacial score (nSPS) is 28.2. The van der Waals surface area contributed by atoms with Crippen LogP contribution in [0.1, 0.15) is 44.1 Å². The van der Waals surface area contributed by atoms with Crippen LogP contribution < -0.4 is 5.73 Å². The zero-order chi connectivity index (χ0) is 13.2. The molecule has 1 heterocycles. The maximum absolute atomic E-state index is 6.12. The predicted octanol–water partition coefficient (Wildman–Crippen LogP) is 2.93. The van der Waals surface area contributed by atoms with E-state index >= 15 is 0 Å². The largest absolute Gasteiger partial charge is 0.465 e. The Kier molecular flexibility index (Phi) is 4.13. The Morgan fingerprint density at radius 3 is 2.83 bits per heavy atom. The highest BCUT2D eigenvalue weighted by atomic mass is 16.3. The molecule has 3 heteroatoms. The fraction of sp³-hybridized carbons (Fsp3) is 0.733. The molecule has 0 spiro atoms. The molecule has 2 rings (SSSR count). The summed E-state index contributed by atoms with van der Waals surface area (Å²) >= 11 is 0. The van der Waals surface area contributed by atoms with Crippen LogP contribution in [0.5, 0.6) is 0 Å². The van der Waals surface area contributed by atoms with Gasteiger partial charge in [0.2, 0.25) is 0 Å². The van der Waals surface area contributed by atoms with Gasteiger partial charge in [-0.25, -0.2) is 0 Å². The molecule has 1 aromatic heterocycles. The molecule has 0 bridgehead atoms. The van der Waals surface area contributed by atoms with Crippen molar-refractivity contribution in [3.05, 3.63) is 23.7 Å². The first-order valence-corrected chi connectivity index (χ1v) is 7.09. The van der Waals surface area contributed by atoms with Crippen LogP contribution in [0.25, 0.3) is 0 Å². The van der Waals surface area contributed by atoms with Gasteiger partial charge in [0.15, 0.2) is 0 Å². The van der Waals surface area contributed by atoms with Gasteiger partial charge >= 0.3 is 0 Å². The summed E-state index contributed by atoms with van der Waals surface area (Å²) in [4.78, 5) is 2.42. The number of likely N-dealkylation sites (N-methyl/N-ethyl adjacent to an activating group) is 1. The molecular formula is C15H26N2O. The standard InChI is InChI=1S/C15H26N2O/c1-4-13-6-5-9-15(13,11-16)17(3)10-14-8-7-12(2)18-14/h7-8,13H,4-6,9-11,16H2,1-3H3. The van der Waals surface area contributed by atoms with Crippen LogP contribution in [0.15, 0.2) is 16.5 Å². The Morgan fingerprint density at radius 2 is 2.28 bits per heavy atom. The van der Waals surface area contributed by atoms with Gasteiger partial charge in [-0.1, -0.05) is 19.8 Å². The molecule has 0 aliphatic heterocycles. The number of aryl methyl sites for hydroxylation is 1. The summed E-state index contributed by atoms with van der Waals surface area (Å²) in [5, 5.41) is 0. The lowest BCUT2D eigenvalue weighted by atomic mass is 9.83. The number of hydrogen-bond donors (Lipinski definition) is 1. The lowest BCUT2D eigenvalue weighted by molar-refractivity contribution is 0.0682. The minimum Gasteiger partial charge on any atom is -0.465 e. The maximum Gasteiger partial charge on any atom is 0.118 e. The van der Waals surface area contributed by atoms with Crippen LogP contribution in [0, 0.1) is 12.8 Å². The number of nitrogens with zero attached hydrogens (tertiary/aromatic N) is 1. The van der Waals surface area contributed by atoms with E-state index in [9.17, 15) is 0 Å². The second-order valence-corrected chi connectivity index (χ2v) is 5.67. The maximum atomic E-state index is 6.12. The van der Waals surface area contributed by atoms with Gasteiger partial charge in [-0.05, 0) is 44.9 Å². The highest BCUT2D eigenvalue weighted by Crippen LogP contribution is 2.41. The van der Waals surface area contributed by atoms with Crippen LogP contribution in [-0.2, 0) is 6.54 Å². The molecule has 0 saturated heterocycles. The summed E-state index contributed by atoms with van der Waals surface area (Å²) in [6.45, 7) is 5.89. The van der Waals surface area contributed by atoms with E-state index in [0.717, 1.165) is 30.5 Å². The second-order valence-electron chi connectivity index (χ2n) is 5.67. The van der Waals surface area contributed by atoms with E-state index in [1.54, 1.807) is 0 Å². The Labute approximate surface area is 110 Å². The lowest BCUT2D eigenvalue weighted by Crippen LogP contribution is -2.54. The third kappa shape index (κ3) is 2.34. The molecule has 0 radical (unpaired) electrons. The van der Waals surface area contributed by atoms with Crippen molar-refractivity contribution >= 4 is 0 Å². The van der Waals surface area contributed by atoms with Crippen molar-refractivity contribution in [3.8, 4) is 0 Å². The van der Waals surface area contributed by atoms with Crippen LogP contribution in [0.2, 0.25) is 0 Å². The van der Waals surface area contributed by atoms with Crippen LogP contribution in [0.4, 0.5) is 0 Å². The van der Waals surface area contributed by atoms with Gasteiger partial charge in [-0.3, -0.25) is 4.90 Å². The minimum atomic E-state index is 0.176. The minimum absolute atomic E-state index is 0.176. The summed E-state index contributed by atoms with van der Waals surface area (Å²) < 4.78 is 5.69. The van der Waals surface area contributed by atoms with Crippen molar-refractivity contribution in [2.24, 2.45) is 11.7 Å². The first kappa shape index (κ1) is 13.6. The molecule has 2 N–H and O–H groups in total. The number of nitrogens with two attached hydrogens (primary N) is 1. The Balaban J connectivity index is 2.12. The molecule has 1 saturated carbocycles. The molecule has 102 valence electrons. The molecule has 18 heavy (non-hydrogen) atoms. The molecule has 1 aliphatic carbocycles. The van der Waals surface area contributed by atoms with Crippen LogP contribution >= 0.6 is 0 Å². The average molecular weight is 250 g/mol. The number of furan rings is 1. The van der Waals surface area contributed by atoms with Crippen LogP contribution in [0.3, 0.4) is 0 Å². The molecule has 3 nitrogen and oxygen atoms in total. The summed E-state index contributed by atoms with van der Waals surface area (Å²) in [5.74, 6) is 2.76. The molecule has 0 amide bonds. The molecule has 1 fully saturated rings. The highest BCUT2D eigenvalue weighted by Gasteiger charge is 2.43. The van der Waals surface area contributed by atoms with Crippen molar-refractivity contribution in [2.45, 2.75) is 51.6 Å². The molecule has 1 aromatic rings. The van der Waals surface area contributed by atoms with Crippen LogP contribution in [-0.4, -0.2) is 24.0 Å². The molecular weight excluding hydrogens is 224 g/mol. The number of hydrogen-bond acceptors (Lipinski definition) is 3. The van der Waals surface area contributed by atoms with E-state index in [0.29, 0.717) is 0 Å². The van der Waals surface area contributed by atoms with Crippen molar-refractivity contribution in [1.82, 2.24) is 4.90 Å². The van der Waals surface area contributed by atoms with Gasteiger partial charge in [-0.15, -0.1) is 0 Å². The van der Waals surface area contributed by atoms with Gasteiger partial charge in [0.25, 0.3) is 0 Å². The van der Waals surface area contributed by atoms with Gasteiger partial charge in [-0.2, -0.15) is 0 Å². The zero-order valence-corrected chi connectivity index (χ0v) is 11.9. The Bertz CT molecular complexity index is 388. The fourth-order valence-electron chi connectivity index (χ4n) is 3.60. The first-order chi connectivity index (χ1) is 8.62. The zero-order valence-electron chi connectivity index (χ0n) is 11.9.